The van der Waals surface area contributed by atoms with Gasteiger partial charge in [0.25, 0.3) is 0 Å². The highest BCUT2D eigenvalue weighted by atomic mass is 32.2. The third kappa shape index (κ3) is 3.15. The smallest absolute Gasteiger partial charge is 0.224 e. The Hall–Kier alpha value is -0.660. The van der Waals surface area contributed by atoms with Gasteiger partial charge in [-0.2, -0.15) is 0 Å². The Morgan fingerprint density at radius 2 is 2.10 bits per heavy atom. The SMILES string of the molecule is O=C(CC1CS(=O)(=O)CCN1)N1CCN2CCCC2C1. The Labute approximate surface area is 120 Å². The molecule has 0 radical (unpaired) electrons. The van der Waals surface area contributed by atoms with E-state index in [-0.39, 0.29) is 23.5 Å². The molecule has 114 valence electrons. The number of amides is 1. The maximum atomic E-state index is 12.3. The van der Waals surface area contributed by atoms with Gasteiger partial charge in [0.1, 0.15) is 0 Å². The summed E-state index contributed by atoms with van der Waals surface area (Å²) in [6, 6.07) is 0.318. The largest absolute Gasteiger partial charge is 0.340 e. The number of piperazine rings is 1. The maximum absolute atomic E-state index is 12.3. The number of sulfone groups is 1. The highest BCUT2D eigenvalue weighted by Crippen LogP contribution is 2.22. The van der Waals surface area contributed by atoms with Crippen LogP contribution in [0.5, 0.6) is 0 Å². The third-order valence-electron chi connectivity index (χ3n) is 4.66. The predicted octanol–water partition coefficient (Wildman–Crippen LogP) is -0.930. The lowest BCUT2D eigenvalue weighted by Crippen LogP contribution is -2.54. The molecule has 7 heteroatoms. The molecule has 2 unspecified atom stereocenters. The van der Waals surface area contributed by atoms with Crippen LogP contribution in [0.25, 0.3) is 0 Å². The minimum atomic E-state index is -2.96. The van der Waals surface area contributed by atoms with Crippen molar-refractivity contribution in [2.24, 2.45) is 0 Å². The third-order valence-corrected chi connectivity index (χ3v) is 6.40. The van der Waals surface area contributed by atoms with Crippen molar-refractivity contribution in [2.75, 3.05) is 44.2 Å². The minimum Gasteiger partial charge on any atom is -0.340 e. The van der Waals surface area contributed by atoms with E-state index >= 15 is 0 Å². The first-order valence-corrected chi connectivity index (χ1v) is 9.31. The van der Waals surface area contributed by atoms with E-state index in [1.807, 2.05) is 4.90 Å². The quantitative estimate of drug-likeness (QED) is 0.714. The van der Waals surface area contributed by atoms with E-state index in [1.165, 1.54) is 12.8 Å². The number of carbonyl (C=O) groups is 1. The lowest BCUT2D eigenvalue weighted by molar-refractivity contribution is -0.134. The number of nitrogens with zero attached hydrogens (tertiary/aromatic N) is 2. The first kappa shape index (κ1) is 14.3. The molecule has 3 rings (SSSR count). The molecule has 20 heavy (non-hydrogen) atoms. The Balaban J connectivity index is 1.54. The molecule has 3 aliphatic rings. The number of rotatable bonds is 2. The Kier molecular flexibility index (Phi) is 4.01. The lowest BCUT2D eigenvalue weighted by Gasteiger charge is -2.38. The summed E-state index contributed by atoms with van der Waals surface area (Å²) in [5.74, 6) is 0.395. The van der Waals surface area contributed by atoms with E-state index in [2.05, 4.69) is 10.2 Å². The zero-order valence-corrected chi connectivity index (χ0v) is 12.6. The molecule has 0 aliphatic carbocycles. The van der Waals surface area contributed by atoms with Gasteiger partial charge in [0.05, 0.1) is 11.5 Å². The van der Waals surface area contributed by atoms with Crippen molar-refractivity contribution >= 4 is 15.7 Å². The average Bonchev–Trinajstić information content (AvgIpc) is 2.84. The Morgan fingerprint density at radius 1 is 1.25 bits per heavy atom. The van der Waals surface area contributed by atoms with Crippen molar-refractivity contribution in [3.8, 4) is 0 Å². The molecule has 0 aromatic heterocycles. The van der Waals surface area contributed by atoms with Crippen LogP contribution < -0.4 is 5.32 Å². The molecule has 0 bridgehead atoms. The molecule has 0 spiro atoms. The number of nitrogens with one attached hydrogen (secondary N) is 1. The summed E-state index contributed by atoms with van der Waals surface area (Å²) in [5.41, 5.74) is 0. The van der Waals surface area contributed by atoms with E-state index in [9.17, 15) is 13.2 Å². The molecule has 0 saturated carbocycles. The zero-order valence-electron chi connectivity index (χ0n) is 11.8. The van der Waals surface area contributed by atoms with Gasteiger partial charge >= 0.3 is 0 Å². The van der Waals surface area contributed by atoms with Crippen LogP contribution in [0.1, 0.15) is 19.3 Å². The van der Waals surface area contributed by atoms with Gasteiger partial charge in [-0.3, -0.25) is 9.69 Å². The number of fused-ring (bicyclic) bond motifs is 1. The van der Waals surface area contributed by atoms with E-state index in [0.717, 1.165) is 26.2 Å². The van der Waals surface area contributed by atoms with E-state index in [4.69, 9.17) is 0 Å². The molecule has 3 heterocycles. The van der Waals surface area contributed by atoms with Gasteiger partial charge < -0.3 is 10.2 Å². The average molecular weight is 301 g/mol. The van der Waals surface area contributed by atoms with E-state index in [0.29, 0.717) is 19.0 Å². The molecular weight excluding hydrogens is 278 g/mol. The second kappa shape index (κ2) is 5.61. The van der Waals surface area contributed by atoms with Gasteiger partial charge in [-0.25, -0.2) is 8.42 Å². The van der Waals surface area contributed by atoms with Crippen molar-refractivity contribution < 1.29 is 13.2 Å². The molecule has 1 amide bonds. The highest BCUT2D eigenvalue weighted by Gasteiger charge is 2.34. The summed E-state index contributed by atoms with van der Waals surface area (Å²) < 4.78 is 23.2. The van der Waals surface area contributed by atoms with Crippen molar-refractivity contribution in [1.29, 1.82) is 0 Å². The van der Waals surface area contributed by atoms with Gasteiger partial charge in [0, 0.05) is 44.7 Å². The summed E-state index contributed by atoms with van der Waals surface area (Å²) in [6.07, 6.45) is 2.72. The minimum absolute atomic E-state index is 0.0993. The fourth-order valence-electron chi connectivity index (χ4n) is 3.56. The van der Waals surface area contributed by atoms with Crippen LogP contribution in [-0.2, 0) is 14.6 Å². The van der Waals surface area contributed by atoms with Gasteiger partial charge in [-0.05, 0) is 19.4 Å². The molecule has 3 saturated heterocycles. The number of carbonyl (C=O) groups excluding carboxylic acids is 1. The van der Waals surface area contributed by atoms with Crippen LogP contribution in [0, 0.1) is 0 Å². The zero-order chi connectivity index (χ0) is 14.2. The highest BCUT2D eigenvalue weighted by molar-refractivity contribution is 7.91. The molecule has 1 N–H and O–H groups in total. The van der Waals surface area contributed by atoms with Crippen LogP contribution in [-0.4, -0.2) is 80.4 Å². The van der Waals surface area contributed by atoms with Crippen LogP contribution in [0.3, 0.4) is 0 Å². The summed E-state index contributed by atoms with van der Waals surface area (Å²) in [4.78, 5) is 16.7. The fourth-order valence-corrected chi connectivity index (χ4v) is 5.00. The molecular formula is C13H23N3O3S. The summed E-state index contributed by atoms with van der Waals surface area (Å²) in [5, 5.41) is 3.15. The topological polar surface area (TPSA) is 69.7 Å². The number of hydrogen-bond donors (Lipinski definition) is 1. The van der Waals surface area contributed by atoms with Crippen LogP contribution in [0.15, 0.2) is 0 Å². The van der Waals surface area contributed by atoms with Crippen molar-refractivity contribution in [3.05, 3.63) is 0 Å². The maximum Gasteiger partial charge on any atom is 0.224 e. The molecule has 2 atom stereocenters. The Morgan fingerprint density at radius 3 is 2.90 bits per heavy atom. The molecule has 3 fully saturated rings. The molecule has 6 nitrogen and oxygen atoms in total. The van der Waals surface area contributed by atoms with Crippen LogP contribution >= 0.6 is 0 Å². The first-order valence-electron chi connectivity index (χ1n) is 7.49. The summed E-state index contributed by atoms with van der Waals surface area (Å²) in [7, 11) is -2.96. The van der Waals surface area contributed by atoms with Gasteiger partial charge in [-0.15, -0.1) is 0 Å². The fraction of sp³-hybridized carbons (Fsp3) is 0.923. The second-order valence-corrected chi connectivity index (χ2v) is 8.37. The van der Waals surface area contributed by atoms with E-state index < -0.39 is 9.84 Å². The Bertz CT molecular complexity index is 479. The van der Waals surface area contributed by atoms with Gasteiger partial charge in [0.2, 0.25) is 5.91 Å². The monoisotopic (exact) mass is 301 g/mol. The van der Waals surface area contributed by atoms with Gasteiger partial charge in [0.15, 0.2) is 9.84 Å². The standard InChI is InChI=1S/C13H23N3O3S/c17-13(8-11-10-20(18,19)7-3-14-11)16-6-5-15-4-1-2-12(15)9-16/h11-12,14H,1-10H2. The lowest BCUT2D eigenvalue weighted by atomic mass is 10.1. The second-order valence-electron chi connectivity index (χ2n) is 6.14. The normalized spacial score (nSPS) is 33.9. The van der Waals surface area contributed by atoms with Gasteiger partial charge in [-0.1, -0.05) is 0 Å². The van der Waals surface area contributed by atoms with Crippen molar-refractivity contribution in [1.82, 2.24) is 15.1 Å². The van der Waals surface area contributed by atoms with Crippen LogP contribution in [0.2, 0.25) is 0 Å². The molecule has 0 aromatic carbocycles. The molecule has 0 aromatic rings. The van der Waals surface area contributed by atoms with Crippen LogP contribution in [0.4, 0.5) is 0 Å². The summed E-state index contributed by atoms with van der Waals surface area (Å²) in [6.45, 7) is 4.20. The van der Waals surface area contributed by atoms with Crippen molar-refractivity contribution in [2.45, 2.75) is 31.3 Å². The summed E-state index contributed by atoms with van der Waals surface area (Å²) >= 11 is 0. The van der Waals surface area contributed by atoms with Crippen molar-refractivity contribution in [3.63, 3.8) is 0 Å². The first-order chi connectivity index (χ1) is 9.53. The molecule has 3 aliphatic heterocycles. The van der Waals surface area contributed by atoms with E-state index in [1.54, 1.807) is 0 Å². The number of hydrogen-bond acceptors (Lipinski definition) is 5. The predicted molar refractivity (Wildman–Crippen MR) is 76.2 cm³/mol.